The third kappa shape index (κ3) is 1.99. The Labute approximate surface area is 74.9 Å². The zero-order chi connectivity index (χ0) is 9.14. The van der Waals surface area contributed by atoms with Crippen LogP contribution in [-0.4, -0.2) is 22.9 Å². The second-order valence-corrected chi connectivity index (χ2v) is 3.64. The van der Waals surface area contributed by atoms with Crippen LogP contribution in [0.1, 0.15) is 46.5 Å². The molecule has 0 aromatic carbocycles. The number of carbonyl (C=O) groups excluding carboxylic acids is 1. The maximum Gasteiger partial charge on any atom is 0.222 e. The zero-order valence-corrected chi connectivity index (χ0v) is 8.34. The average molecular weight is 169 g/mol. The van der Waals surface area contributed by atoms with Crippen LogP contribution in [0.5, 0.6) is 0 Å². The lowest BCUT2D eigenvalue weighted by Gasteiger charge is -2.28. The highest BCUT2D eigenvalue weighted by Crippen LogP contribution is 2.29. The molecule has 1 rings (SSSR count). The Kier molecular flexibility index (Phi) is 3.12. The van der Waals surface area contributed by atoms with Crippen LogP contribution in [0.25, 0.3) is 0 Å². The molecule has 0 heterocycles. The van der Waals surface area contributed by atoms with E-state index in [2.05, 4.69) is 18.7 Å². The Hall–Kier alpha value is -0.530. The van der Waals surface area contributed by atoms with E-state index >= 15 is 0 Å². The van der Waals surface area contributed by atoms with Gasteiger partial charge in [-0.1, -0.05) is 13.8 Å². The molecule has 1 fully saturated rings. The van der Waals surface area contributed by atoms with Crippen LogP contribution in [-0.2, 0) is 4.79 Å². The summed E-state index contributed by atoms with van der Waals surface area (Å²) in [6, 6.07) is 1.01. The second-order valence-electron chi connectivity index (χ2n) is 3.64. The van der Waals surface area contributed by atoms with Crippen molar-refractivity contribution in [2.75, 3.05) is 0 Å². The molecule has 1 atom stereocenters. The Bertz CT molecular complexity index is 163. The molecule has 0 radical (unpaired) electrons. The van der Waals surface area contributed by atoms with Gasteiger partial charge in [0.25, 0.3) is 0 Å². The predicted molar refractivity (Wildman–Crippen MR) is 49.9 cm³/mol. The SMILES string of the molecule is CCC(=O)N(C1CC1)[C@@H](C)CC. The van der Waals surface area contributed by atoms with Gasteiger partial charge in [0.2, 0.25) is 5.91 Å². The van der Waals surface area contributed by atoms with E-state index in [1.807, 2.05) is 6.92 Å². The van der Waals surface area contributed by atoms with Crippen molar-refractivity contribution in [3.63, 3.8) is 0 Å². The van der Waals surface area contributed by atoms with Gasteiger partial charge in [-0.05, 0) is 26.2 Å². The van der Waals surface area contributed by atoms with E-state index in [0.717, 1.165) is 6.42 Å². The first-order valence-corrected chi connectivity index (χ1v) is 5.01. The van der Waals surface area contributed by atoms with Crippen LogP contribution in [0.3, 0.4) is 0 Å². The molecule has 70 valence electrons. The van der Waals surface area contributed by atoms with Gasteiger partial charge in [-0.15, -0.1) is 0 Å². The fourth-order valence-electron chi connectivity index (χ4n) is 1.54. The van der Waals surface area contributed by atoms with Crippen molar-refractivity contribution in [3.05, 3.63) is 0 Å². The summed E-state index contributed by atoms with van der Waals surface area (Å²) in [6.07, 6.45) is 4.16. The Morgan fingerprint density at radius 1 is 1.50 bits per heavy atom. The van der Waals surface area contributed by atoms with Crippen LogP contribution in [0.4, 0.5) is 0 Å². The number of rotatable bonds is 4. The van der Waals surface area contributed by atoms with Crippen molar-refractivity contribution in [1.82, 2.24) is 4.90 Å². The van der Waals surface area contributed by atoms with E-state index in [-0.39, 0.29) is 0 Å². The number of hydrogen-bond acceptors (Lipinski definition) is 1. The highest BCUT2D eigenvalue weighted by Gasteiger charge is 2.33. The lowest BCUT2D eigenvalue weighted by molar-refractivity contribution is -0.133. The lowest BCUT2D eigenvalue weighted by Crippen LogP contribution is -2.39. The number of carbonyl (C=O) groups is 1. The summed E-state index contributed by atoms with van der Waals surface area (Å²) in [6.45, 7) is 6.23. The van der Waals surface area contributed by atoms with E-state index in [9.17, 15) is 4.79 Å². The van der Waals surface area contributed by atoms with Crippen molar-refractivity contribution < 1.29 is 4.79 Å². The fraction of sp³-hybridized carbons (Fsp3) is 0.900. The van der Waals surface area contributed by atoms with Gasteiger partial charge in [-0.3, -0.25) is 4.79 Å². The highest BCUT2D eigenvalue weighted by atomic mass is 16.2. The maximum absolute atomic E-state index is 11.5. The summed E-state index contributed by atoms with van der Waals surface area (Å²) < 4.78 is 0. The molecule has 1 aliphatic rings. The second kappa shape index (κ2) is 3.92. The molecule has 0 N–H and O–H groups in total. The summed E-state index contributed by atoms with van der Waals surface area (Å²) in [5, 5.41) is 0. The zero-order valence-electron chi connectivity index (χ0n) is 8.34. The smallest absolute Gasteiger partial charge is 0.222 e. The van der Waals surface area contributed by atoms with Crippen LogP contribution >= 0.6 is 0 Å². The molecular formula is C10H19NO. The number of amides is 1. The van der Waals surface area contributed by atoms with E-state index in [0.29, 0.717) is 24.4 Å². The molecule has 0 aliphatic heterocycles. The summed E-state index contributed by atoms with van der Waals surface area (Å²) in [7, 11) is 0. The standard InChI is InChI=1S/C10H19NO/c1-4-8(3)11(9-6-7-9)10(12)5-2/h8-9H,4-7H2,1-3H3/t8-/m0/s1. The number of hydrogen-bond donors (Lipinski definition) is 0. The molecule has 0 saturated heterocycles. The largest absolute Gasteiger partial charge is 0.337 e. The van der Waals surface area contributed by atoms with Crippen LogP contribution in [0, 0.1) is 0 Å². The molecule has 2 heteroatoms. The number of nitrogens with zero attached hydrogens (tertiary/aromatic N) is 1. The molecule has 0 aromatic rings. The van der Waals surface area contributed by atoms with E-state index in [1.54, 1.807) is 0 Å². The summed E-state index contributed by atoms with van der Waals surface area (Å²) in [5.74, 6) is 0.326. The Balaban J connectivity index is 2.53. The topological polar surface area (TPSA) is 20.3 Å². The van der Waals surface area contributed by atoms with Crippen molar-refractivity contribution >= 4 is 5.91 Å². The van der Waals surface area contributed by atoms with Gasteiger partial charge in [-0.2, -0.15) is 0 Å². The molecule has 12 heavy (non-hydrogen) atoms. The minimum Gasteiger partial charge on any atom is -0.337 e. The first kappa shape index (κ1) is 9.56. The molecule has 1 aliphatic carbocycles. The van der Waals surface area contributed by atoms with Gasteiger partial charge >= 0.3 is 0 Å². The van der Waals surface area contributed by atoms with Crippen molar-refractivity contribution in [1.29, 1.82) is 0 Å². The van der Waals surface area contributed by atoms with E-state index in [4.69, 9.17) is 0 Å². The average Bonchev–Trinajstić information content (AvgIpc) is 2.88. The normalized spacial score (nSPS) is 18.9. The van der Waals surface area contributed by atoms with Gasteiger partial charge in [-0.25, -0.2) is 0 Å². The maximum atomic E-state index is 11.5. The Morgan fingerprint density at radius 2 is 2.08 bits per heavy atom. The molecule has 1 amide bonds. The molecule has 2 nitrogen and oxygen atoms in total. The van der Waals surface area contributed by atoms with Crippen LogP contribution in [0.2, 0.25) is 0 Å². The monoisotopic (exact) mass is 169 g/mol. The van der Waals surface area contributed by atoms with Crippen LogP contribution < -0.4 is 0 Å². The molecule has 0 aromatic heterocycles. The Morgan fingerprint density at radius 3 is 2.42 bits per heavy atom. The van der Waals surface area contributed by atoms with Crippen molar-refractivity contribution in [2.45, 2.75) is 58.5 Å². The summed E-state index contributed by atoms with van der Waals surface area (Å²) in [4.78, 5) is 13.6. The first-order chi connectivity index (χ1) is 5.70. The third-order valence-corrected chi connectivity index (χ3v) is 2.60. The molecule has 0 bridgehead atoms. The van der Waals surface area contributed by atoms with E-state index < -0.39 is 0 Å². The van der Waals surface area contributed by atoms with Gasteiger partial charge in [0, 0.05) is 18.5 Å². The minimum atomic E-state index is 0.326. The lowest BCUT2D eigenvalue weighted by atomic mass is 10.2. The van der Waals surface area contributed by atoms with Gasteiger partial charge < -0.3 is 4.90 Å². The molecule has 0 spiro atoms. The molecule has 0 unspecified atom stereocenters. The molecular weight excluding hydrogens is 150 g/mol. The molecule has 1 saturated carbocycles. The third-order valence-electron chi connectivity index (χ3n) is 2.60. The van der Waals surface area contributed by atoms with Crippen molar-refractivity contribution in [2.24, 2.45) is 0 Å². The fourth-order valence-corrected chi connectivity index (χ4v) is 1.54. The van der Waals surface area contributed by atoms with Gasteiger partial charge in [0.15, 0.2) is 0 Å². The summed E-state index contributed by atoms with van der Waals surface area (Å²) in [5.41, 5.74) is 0. The predicted octanol–water partition coefficient (Wildman–Crippen LogP) is 2.19. The van der Waals surface area contributed by atoms with Gasteiger partial charge in [0.05, 0.1) is 0 Å². The quantitative estimate of drug-likeness (QED) is 0.631. The first-order valence-electron chi connectivity index (χ1n) is 5.01. The summed E-state index contributed by atoms with van der Waals surface area (Å²) >= 11 is 0. The van der Waals surface area contributed by atoms with Crippen LogP contribution in [0.15, 0.2) is 0 Å². The highest BCUT2D eigenvalue weighted by molar-refractivity contribution is 5.76. The van der Waals surface area contributed by atoms with Gasteiger partial charge in [0.1, 0.15) is 0 Å². The minimum absolute atomic E-state index is 0.326. The van der Waals surface area contributed by atoms with Crippen molar-refractivity contribution in [3.8, 4) is 0 Å². The van der Waals surface area contributed by atoms with E-state index in [1.165, 1.54) is 12.8 Å².